The number of amides is 2. The van der Waals surface area contributed by atoms with Crippen molar-refractivity contribution in [2.24, 2.45) is 0 Å². The number of ether oxygens (including phenoxy) is 1. The zero-order valence-corrected chi connectivity index (χ0v) is 36.3. The van der Waals surface area contributed by atoms with Crippen LogP contribution in [-0.4, -0.2) is 101 Å². The van der Waals surface area contributed by atoms with Crippen molar-refractivity contribution < 1.29 is 14.3 Å². The van der Waals surface area contributed by atoms with Gasteiger partial charge in [0.05, 0.1) is 28.5 Å². The predicted molar refractivity (Wildman–Crippen MR) is 249 cm³/mol. The minimum absolute atomic E-state index is 0.106. The highest BCUT2D eigenvalue weighted by Gasteiger charge is 2.22. The Bertz CT molecular complexity index is 2570. The van der Waals surface area contributed by atoms with Gasteiger partial charge in [0.25, 0.3) is 0 Å². The Labute approximate surface area is 374 Å². The van der Waals surface area contributed by atoms with Crippen LogP contribution in [0.2, 0.25) is 10.0 Å². The van der Waals surface area contributed by atoms with E-state index in [1.54, 1.807) is 43.5 Å². The molecule has 0 saturated carbocycles. The second kappa shape index (κ2) is 19.8. The van der Waals surface area contributed by atoms with E-state index >= 15 is 0 Å². The number of carbonyl (C=O) groups is 2. The summed E-state index contributed by atoms with van der Waals surface area (Å²) in [7, 11) is 1.66. The molecule has 2 aliphatic rings. The third kappa shape index (κ3) is 10.9. The summed E-state index contributed by atoms with van der Waals surface area (Å²) in [4.78, 5) is 61.7. The van der Waals surface area contributed by atoms with Gasteiger partial charge in [0, 0.05) is 94.0 Å². The smallest absolute Gasteiger partial charge is 0.231 e. The third-order valence-electron chi connectivity index (χ3n) is 10.7. The van der Waals surface area contributed by atoms with Crippen molar-refractivity contribution in [1.82, 2.24) is 29.9 Å². The molecule has 4 heterocycles. The lowest BCUT2D eigenvalue weighted by Crippen LogP contribution is -2.47. The molecule has 324 valence electrons. The zero-order chi connectivity index (χ0) is 43.7. The normalized spacial score (nSPS) is 14.0. The van der Waals surface area contributed by atoms with Crippen LogP contribution in [0.5, 0.6) is 5.75 Å². The van der Waals surface area contributed by atoms with E-state index in [1.165, 1.54) is 23.9 Å². The van der Waals surface area contributed by atoms with E-state index in [-0.39, 0.29) is 12.8 Å². The zero-order valence-electron chi connectivity index (χ0n) is 34.8. The minimum atomic E-state index is -0.400. The molecule has 2 aromatic heterocycles. The molecule has 17 nitrogen and oxygen atoms in total. The molecule has 0 radical (unpaired) electrons. The number of para-hydroxylation sites is 1. The number of halogens is 2. The van der Waals surface area contributed by atoms with Gasteiger partial charge >= 0.3 is 0 Å². The van der Waals surface area contributed by atoms with Gasteiger partial charge in [0.2, 0.25) is 35.6 Å². The molecule has 4 N–H and O–H groups in total. The highest BCUT2D eigenvalue weighted by molar-refractivity contribution is 6.34. The monoisotopic (exact) mass is 888 g/mol. The fraction of sp³-hybridized carbons (Fsp3) is 0.273. The molecule has 6 aromatic rings. The van der Waals surface area contributed by atoms with Gasteiger partial charge < -0.3 is 45.6 Å². The van der Waals surface area contributed by atoms with Crippen LogP contribution in [0.3, 0.4) is 0 Å². The standard InChI is InChI=1S/C44H46Cl2N14O3/c1-29-6-3-4-9-38(29)58-18-22-60(23-19-58)44-50-28-48-42(56-44)52-31-11-13-35(46)37(25-31)54-40(62)15-14-39(61)53-36-24-30(10-12-34(36)45)51-41-47-27-49-43(55-41)59-20-16-57(17-21-59)32-7-5-8-33(26-32)63-2/h3-13,24-28H,14-23H2,1-2H3,(H,53,61)(H,54,62)(H,47,49,51,55)(H,48,50,52,56). The van der Waals surface area contributed by atoms with Crippen LogP contribution in [-0.2, 0) is 9.59 Å². The van der Waals surface area contributed by atoms with Crippen molar-refractivity contribution in [2.45, 2.75) is 19.8 Å². The van der Waals surface area contributed by atoms with Gasteiger partial charge in [-0.15, -0.1) is 0 Å². The SMILES string of the molecule is COc1cccc(N2CCN(c3ncnc(Nc4ccc(Cl)c(NC(=O)CCC(=O)Nc5cc(Nc6ncnc(N7CCN(c8ccccc8C)CC7)n6)ccc5Cl)c4)n3)CC2)c1. The van der Waals surface area contributed by atoms with Gasteiger partial charge in [-0.1, -0.05) is 47.5 Å². The number of rotatable bonds is 14. The van der Waals surface area contributed by atoms with Gasteiger partial charge in [-0.3, -0.25) is 9.59 Å². The van der Waals surface area contributed by atoms with E-state index in [4.69, 9.17) is 27.9 Å². The van der Waals surface area contributed by atoms with Gasteiger partial charge in [0.1, 0.15) is 18.4 Å². The van der Waals surface area contributed by atoms with Crippen molar-refractivity contribution in [2.75, 3.05) is 100 Å². The van der Waals surface area contributed by atoms with Crippen LogP contribution >= 0.6 is 23.2 Å². The first-order valence-corrected chi connectivity index (χ1v) is 21.2. The number of methoxy groups -OCH3 is 1. The second-order valence-electron chi connectivity index (χ2n) is 14.9. The highest BCUT2D eigenvalue weighted by atomic mass is 35.5. The molecule has 0 spiro atoms. The average molecular weight is 890 g/mol. The van der Waals surface area contributed by atoms with Gasteiger partial charge in [0.15, 0.2) is 0 Å². The Morgan fingerprint density at radius 2 is 1.11 bits per heavy atom. The molecular formula is C44H46Cl2N14O3. The fourth-order valence-electron chi connectivity index (χ4n) is 7.35. The van der Waals surface area contributed by atoms with Crippen LogP contribution in [0.4, 0.5) is 57.9 Å². The lowest BCUT2D eigenvalue weighted by atomic mass is 10.1. The van der Waals surface area contributed by atoms with E-state index in [0.717, 1.165) is 63.8 Å². The van der Waals surface area contributed by atoms with Crippen LogP contribution < -0.4 is 45.6 Å². The molecule has 0 atom stereocenters. The van der Waals surface area contributed by atoms with E-state index in [1.807, 2.05) is 18.2 Å². The average Bonchev–Trinajstić information content (AvgIpc) is 3.31. The van der Waals surface area contributed by atoms with Gasteiger partial charge in [-0.25, -0.2) is 19.9 Å². The molecule has 2 saturated heterocycles. The molecule has 2 amide bonds. The van der Waals surface area contributed by atoms with Crippen molar-refractivity contribution in [3.8, 4) is 5.75 Å². The van der Waals surface area contributed by atoms with Crippen molar-refractivity contribution in [3.63, 3.8) is 0 Å². The Balaban J connectivity index is 0.809. The van der Waals surface area contributed by atoms with Crippen molar-refractivity contribution >= 4 is 92.9 Å². The third-order valence-corrected chi connectivity index (χ3v) is 11.3. The molecule has 0 bridgehead atoms. The number of piperazine rings is 2. The number of nitrogens with one attached hydrogen (secondary N) is 4. The van der Waals surface area contributed by atoms with E-state index < -0.39 is 11.8 Å². The molecule has 2 fully saturated rings. The van der Waals surface area contributed by atoms with Crippen LogP contribution in [0.15, 0.2) is 97.6 Å². The Morgan fingerprint density at radius 1 is 0.603 bits per heavy atom. The predicted octanol–water partition coefficient (Wildman–Crippen LogP) is 7.18. The first kappa shape index (κ1) is 42.7. The summed E-state index contributed by atoms with van der Waals surface area (Å²) >= 11 is 12.9. The first-order valence-electron chi connectivity index (χ1n) is 20.5. The van der Waals surface area contributed by atoms with E-state index in [2.05, 4.69) is 108 Å². The largest absolute Gasteiger partial charge is 0.497 e. The number of hydrogen-bond donors (Lipinski definition) is 4. The lowest BCUT2D eigenvalue weighted by Gasteiger charge is -2.36. The summed E-state index contributed by atoms with van der Waals surface area (Å²) < 4.78 is 5.39. The molecule has 4 aromatic carbocycles. The topological polar surface area (TPSA) is 182 Å². The summed E-state index contributed by atoms with van der Waals surface area (Å²) in [5, 5.41) is 12.6. The van der Waals surface area contributed by atoms with Crippen LogP contribution in [0.25, 0.3) is 0 Å². The molecule has 8 rings (SSSR count). The van der Waals surface area contributed by atoms with Crippen LogP contribution in [0, 0.1) is 6.92 Å². The Morgan fingerprint density at radius 3 is 1.63 bits per heavy atom. The molecular weight excluding hydrogens is 843 g/mol. The fourth-order valence-corrected chi connectivity index (χ4v) is 7.68. The quantitative estimate of drug-likeness (QED) is 0.0863. The summed E-state index contributed by atoms with van der Waals surface area (Å²) in [6.07, 6.45) is 2.72. The highest BCUT2D eigenvalue weighted by Crippen LogP contribution is 2.30. The van der Waals surface area contributed by atoms with Gasteiger partial charge in [-0.05, 0) is 67.1 Å². The maximum Gasteiger partial charge on any atom is 0.231 e. The summed E-state index contributed by atoms with van der Waals surface area (Å²) in [6.45, 7) is 8.37. The molecule has 63 heavy (non-hydrogen) atoms. The van der Waals surface area contributed by atoms with Gasteiger partial charge in [-0.2, -0.15) is 9.97 Å². The number of aromatic nitrogens is 6. The number of benzene rings is 4. The molecule has 0 unspecified atom stereocenters. The second-order valence-corrected chi connectivity index (χ2v) is 15.7. The van der Waals surface area contributed by atoms with Crippen molar-refractivity contribution in [3.05, 3.63) is 113 Å². The summed E-state index contributed by atoms with van der Waals surface area (Å²) in [5.74, 6) is 1.84. The minimum Gasteiger partial charge on any atom is -0.497 e. The molecule has 19 heteroatoms. The first-order chi connectivity index (χ1) is 30.7. The van der Waals surface area contributed by atoms with Crippen LogP contribution in [0.1, 0.15) is 18.4 Å². The summed E-state index contributed by atoms with van der Waals surface area (Å²) in [6, 6.07) is 26.6. The lowest BCUT2D eigenvalue weighted by molar-refractivity contribution is -0.121. The Kier molecular flexibility index (Phi) is 13.4. The van der Waals surface area contributed by atoms with Crippen molar-refractivity contribution in [1.29, 1.82) is 0 Å². The number of nitrogens with zero attached hydrogens (tertiary/aromatic N) is 10. The Hall–Kier alpha value is -6.98. The maximum atomic E-state index is 13.0. The number of aryl methyl sites for hydroxylation is 1. The van der Waals surface area contributed by atoms with E-state index in [9.17, 15) is 9.59 Å². The number of carbonyl (C=O) groups excluding carboxylic acids is 2. The van der Waals surface area contributed by atoms with E-state index in [0.29, 0.717) is 56.6 Å². The maximum absolute atomic E-state index is 13.0. The molecule has 0 aliphatic carbocycles. The molecule has 2 aliphatic heterocycles. The summed E-state index contributed by atoms with van der Waals surface area (Å²) in [5.41, 5.74) is 5.53. The number of anilines is 10. The number of hydrogen-bond acceptors (Lipinski definition) is 15.